The Labute approximate surface area is 540 Å². The molecule has 0 spiro atoms. The summed E-state index contributed by atoms with van der Waals surface area (Å²) in [7, 11) is 1.18. The number of nitrogens with two attached hydrogens (primary N) is 1. The summed E-state index contributed by atoms with van der Waals surface area (Å²) in [6.45, 7) is -2.97. The number of rotatable bonds is 24. The van der Waals surface area contributed by atoms with Gasteiger partial charge in [-0.1, -0.05) is 26.0 Å². The number of aliphatic hydroxyl groups is 21. The lowest BCUT2D eigenvalue weighted by atomic mass is 9.79. The van der Waals surface area contributed by atoms with Crippen LogP contribution < -0.4 is 15.8 Å². The van der Waals surface area contributed by atoms with Crippen LogP contribution in [-0.2, 0) is 77.5 Å². The second kappa shape index (κ2) is 32.4. The molecule has 0 radical (unpaired) electrons. The minimum Gasteiger partial charge on any atom is -0.462 e. The van der Waals surface area contributed by atoms with Gasteiger partial charge in [0, 0.05) is 18.6 Å². The van der Waals surface area contributed by atoms with Crippen molar-refractivity contribution < 1.29 is 183 Å². The van der Waals surface area contributed by atoms with Crippen molar-refractivity contribution in [3.8, 4) is 5.75 Å². The molecule has 8 fully saturated rings. The number of ether oxygens (including phenoxy) is 15. The van der Waals surface area contributed by atoms with Crippen molar-refractivity contribution in [3.63, 3.8) is 0 Å². The normalized spacial score (nSPS) is 48.9. The number of hydrogen-bond donors (Lipinski definition) is 23. The summed E-state index contributed by atoms with van der Waals surface area (Å²) in [6, 6.07) is 5.56. The predicted molar refractivity (Wildman–Crippen MR) is 299 cm³/mol. The Kier molecular flexibility index (Phi) is 26.0. The summed E-state index contributed by atoms with van der Waals surface area (Å²) < 4.78 is 85.0. The summed E-state index contributed by atoms with van der Waals surface area (Å²) in [5.41, 5.74) is 6.34. The maximum Gasteiger partial charge on any atom is 0.237 e. The lowest BCUT2D eigenvalue weighted by Gasteiger charge is -2.50. The van der Waals surface area contributed by atoms with Crippen molar-refractivity contribution in [3.05, 3.63) is 29.8 Å². The van der Waals surface area contributed by atoms with Crippen LogP contribution >= 0.6 is 0 Å². The Hall–Kier alpha value is -2.95. The molecule has 8 aliphatic rings. The average Bonchev–Trinajstić information content (AvgIpc) is 1.36. The molecule has 1 amide bonds. The van der Waals surface area contributed by atoms with Crippen LogP contribution in [0.15, 0.2) is 24.3 Å². The number of nitrogens with one attached hydrogen (secondary N) is 1. The van der Waals surface area contributed by atoms with Gasteiger partial charge in [0.1, 0.15) is 177 Å². The topological polar surface area (TPSA) is 618 Å². The van der Waals surface area contributed by atoms with Gasteiger partial charge in [0.2, 0.25) is 12.2 Å². The molecule has 37 atom stereocenters. The van der Waals surface area contributed by atoms with Gasteiger partial charge in [-0.2, -0.15) is 0 Å². The molecule has 39 heteroatoms. The zero-order valence-electron chi connectivity index (χ0n) is 51.3. The molecule has 8 heterocycles. The molecule has 39 nitrogen and oxygen atoms in total. The van der Waals surface area contributed by atoms with Crippen LogP contribution in [0.25, 0.3) is 0 Å². The minimum absolute atomic E-state index is 0.174. The van der Waals surface area contributed by atoms with E-state index in [0.29, 0.717) is 6.42 Å². The highest BCUT2D eigenvalue weighted by atomic mass is 16.8. The fourth-order valence-corrected chi connectivity index (χ4v) is 12.8. The molecule has 0 aromatic heterocycles. The number of carbonyl (C=O) groups is 1. The number of amides is 1. The van der Waals surface area contributed by atoms with Crippen LogP contribution in [0.2, 0.25) is 0 Å². The van der Waals surface area contributed by atoms with Crippen molar-refractivity contribution in [2.75, 3.05) is 53.4 Å². The Morgan fingerprint density at radius 2 is 0.611 bits per heavy atom. The monoisotopic (exact) mass is 1380 g/mol. The number of carbonyl (C=O) groups excluding carboxylic acids is 1. The van der Waals surface area contributed by atoms with Crippen LogP contribution in [0.4, 0.5) is 0 Å². The molecule has 8 aliphatic heterocycles. The van der Waals surface area contributed by atoms with Gasteiger partial charge < -0.3 is 189 Å². The van der Waals surface area contributed by atoms with Gasteiger partial charge in [-0.3, -0.25) is 4.79 Å². The van der Waals surface area contributed by atoms with Crippen LogP contribution in [0.5, 0.6) is 5.75 Å². The van der Waals surface area contributed by atoms with Crippen LogP contribution in [-0.4, -0.2) is 394 Å². The molecule has 24 N–H and O–H groups in total. The maximum absolute atomic E-state index is 12.2. The molecular formula is C56H90N2O37. The highest BCUT2D eigenvalue weighted by Crippen LogP contribution is 2.39. The molecule has 0 aliphatic carbocycles. The van der Waals surface area contributed by atoms with E-state index in [-0.39, 0.29) is 17.7 Å². The highest BCUT2D eigenvalue weighted by Gasteiger charge is 2.59. The van der Waals surface area contributed by atoms with Crippen molar-refractivity contribution in [1.29, 1.82) is 0 Å². The van der Waals surface area contributed by atoms with E-state index in [4.69, 9.17) is 76.8 Å². The molecule has 0 bridgehead atoms. The van der Waals surface area contributed by atoms with E-state index in [9.17, 15) is 112 Å². The fraction of sp³-hybridized carbons (Fsp3) is 0.875. The van der Waals surface area contributed by atoms with E-state index in [2.05, 4.69) is 5.32 Å². The van der Waals surface area contributed by atoms with Crippen molar-refractivity contribution >= 4 is 5.91 Å². The summed E-state index contributed by atoms with van der Waals surface area (Å²) in [5, 5.41) is 232. The van der Waals surface area contributed by atoms with E-state index in [1.165, 1.54) is 7.11 Å². The summed E-state index contributed by atoms with van der Waals surface area (Å²) in [5.74, 6) is -0.0935. The van der Waals surface area contributed by atoms with Gasteiger partial charge in [0.05, 0.1) is 52.3 Å². The van der Waals surface area contributed by atoms with E-state index >= 15 is 0 Å². The van der Waals surface area contributed by atoms with Gasteiger partial charge >= 0.3 is 0 Å². The first-order valence-corrected chi connectivity index (χ1v) is 30.8. The Bertz CT molecular complexity index is 2550. The number of methoxy groups -OCH3 is 1. The first-order chi connectivity index (χ1) is 45.1. The number of aliphatic hydroxyl groups excluding tert-OH is 21. The van der Waals surface area contributed by atoms with Gasteiger partial charge in [-0.15, -0.1) is 0 Å². The molecule has 9 rings (SSSR count). The van der Waals surface area contributed by atoms with E-state index in [1.54, 1.807) is 24.3 Å². The molecule has 95 heavy (non-hydrogen) atoms. The molecule has 1 aromatic rings. The Balaban J connectivity index is 0.768. The third-order valence-electron chi connectivity index (χ3n) is 18.7. The van der Waals surface area contributed by atoms with Crippen LogP contribution in [0.3, 0.4) is 0 Å². The predicted octanol–water partition coefficient (Wildman–Crippen LogP) is -14.1. The summed E-state index contributed by atoms with van der Waals surface area (Å²) >= 11 is 0. The molecule has 37 unspecified atom stereocenters. The number of hydrogen-bond acceptors (Lipinski definition) is 38. The quantitative estimate of drug-likeness (QED) is 0.0457. The van der Waals surface area contributed by atoms with Crippen LogP contribution in [0.1, 0.15) is 19.4 Å². The minimum atomic E-state index is -2.24. The second-order valence-electron chi connectivity index (χ2n) is 25.1. The molecule has 8 saturated heterocycles. The van der Waals surface area contributed by atoms with Crippen molar-refractivity contribution in [2.45, 2.75) is 247 Å². The van der Waals surface area contributed by atoms with Crippen LogP contribution in [0, 0.1) is 5.41 Å². The average molecular weight is 1380 g/mol. The maximum atomic E-state index is 12.2. The first kappa shape index (κ1) is 76.2. The number of benzene rings is 1. The molecule has 1 aromatic carbocycles. The van der Waals surface area contributed by atoms with E-state index in [0.717, 1.165) is 5.56 Å². The third kappa shape index (κ3) is 15.6. The Morgan fingerprint density at radius 1 is 0.379 bits per heavy atom. The largest absolute Gasteiger partial charge is 0.462 e. The van der Waals surface area contributed by atoms with Crippen molar-refractivity contribution in [2.24, 2.45) is 11.1 Å². The van der Waals surface area contributed by atoms with Crippen molar-refractivity contribution in [1.82, 2.24) is 5.32 Å². The molecule has 546 valence electrons. The fourth-order valence-electron chi connectivity index (χ4n) is 12.8. The standard InChI is InChI=1S/C56H90N2O37/c1-56(2)25(58-48(80)47(56)57)8-16-4-6-17(7-5-16)82-49-34(74)27(67)41(19(10-60)84-49)91-51-36(76)29(69)43(21(12-62)86-51)93-53-38(78)31(71)45(23(14-64)88-53)95-55-39(79)32(72)46(24(15-65)89-55)94-54-37(77)30(70)44(22(13-63)87-54)92-52-35(75)28(68)42(20(11-61)85-52)90-50-33(73)26(66)40(81-3)18(9-59)83-50/h4-7,18-47,49-55,59-79H,8-15,57H2,1-3H3,(H,58,80). The van der Waals surface area contributed by atoms with Gasteiger partial charge in [-0.05, 0) is 24.1 Å². The SMILES string of the molecule is COC1C(CO)OC(OC2C(CO)OC(OC3C(CO)OC(OC4C(CO)OC(OC5C(CO)OC(OC6C(CO)OC(OC7C(CO)OC(Oc8ccc(CC9NC(=O)C(N)C9(C)C)cc8)C(O)C7O)C(O)C6O)C(O)C5O)C(O)C4O)C(O)C3O)C(O)C2O)C(O)C1O. The van der Waals surface area contributed by atoms with Gasteiger partial charge in [0.15, 0.2) is 37.7 Å². The third-order valence-corrected chi connectivity index (χ3v) is 18.7. The molecular weight excluding hydrogens is 1290 g/mol. The Morgan fingerprint density at radius 3 is 0.842 bits per heavy atom. The first-order valence-electron chi connectivity index (χ1n) is 30.8. The van der Waals surface area contributed by atoms with E-state index < -0.39 is 273 Å². The summed E-state index contributed by atoms with van der Waals surface area (Å²) in [4.78, 5) is 12.2. The zero-order valence-corrected chi connectivity index (χ0v) is 51.3. The molecule has 0 saturated carbocycles. The lowest BCUT2D eigenvalue weighted by Crippen LogP contribution is -2.68. The summed E-state index contributed by atoms with van der Waals surface area (Å²) in [6.07, 6.45) is -65.5. The highest BCUT2D eigenvalue weighted by molar-refractivity contribution is 5.85. The van der Waals surface area contributed by atoms with Gasteiger partial charge in [0.25, 0.3) is 0 Å². The smallest absolute Gasteiger partial charge is 0.237 e. The van der Waals surface area contributed by atoms with E-state index in [1.807, 2.05) is 13.8 Å². The van der Waals surface area contributed by atoms with Gasteiger partial charge in [-0.25, -0.2) is 0 Å². The second-order valence-corrected chi connectivity index (χ2v) is 25.1. The lowest BCUT2D eigenvalue weighted by molar-refractivity contribution is -0.397. The zero-order chi connectivity index (χ0) is 69.4.